The van der Waals surface area contributed by atoms with Crippen LogP contribution < -0.4 is 10.1 Å². The average Bonchev–Trinajstić information content (AvgIpc) is 3.01. The number of benzene rings is 2. The number of carbonyl (C=O) groups is 1. The van der Waals surface area contributed by atoms with E-state index in [0.29, 0.717) is 17.0 Å². The van der Waals surface area contributed by atoms with Gasteiger partial charge in [-0.2, -0.15) is 0 Å². The van der Waals surface area contributed by atoms with Crippen molar-refractivity contribution in [1.29, 1.82) is 0 Å². The van der Waals surface area contributed by atoms with Gasteiger partial charge in [-0.15, -0.1) is 5.10 Å². The van der Waals surface area contributed by atoms with E-state index in [1.165, 1.54) is 16.8 Å². The summed E-state index contributed by atoms with van der Waals surface area (Å²) in [6.07, 6.45) is 0. The van der Waals surface area contributed by atoms with E-state index in [9.17, 15) is 14.9 Å². The van der Waals surface area contributed by atoms with E-state index in [4.69, 9.17) is 21.4 Å². The van der Waals surface area contributed by atoms with Gasteiger partial charge >= 0.3 is 0 Å². The first-order chi connectivity index (χ1) is 13.8. The molecule has 0 saturated heterocycles. The van der Waals surface area contributed by atoms with Gasteiger partial charge in [0.2, 0.25) is 5.91 Å². The molecule has 0 atom stereocenters. The van der Waals surface area contributed by atoms with E-state index in [1.54, 1.807) is 13.0 Å². The third kappa shape index (κ3) is 5.26. The molecule has 0 aliphatic carbocycles. The highest BCUT2D eigenvalue weighted by Gasteiger charge is 2.14. The molecule has 0 bridgehead atoms. The molecule has 1 heterocycles. The molecule has 10 heteroatoms. The quantitative estimate of drug-likeness (QED) is 0.354. The first kappa shape index (κ1) is 20.2. The number of aromatic nitrogens is 2. The van der Waals surface area contributed by atoms with Gasteiger partial charge in [-0.05, 0) is 49.3 Å². The molecule has 0 saturated carbocycles. The number of anilines is 1. The monoisotopic (exact) mass is 414 g/mol. The summed E-state index contributed by atoms with van der Waals surface area (Å²) in [4.78, 5) is 22.7. The van der Waals surface area contributed by atoms with Gasteiger partial charge in [0.15, 0.2) is 6.61 Å². The zero-order valence-corrected chi connectivity index (χ0v) is 16.6. The normalized spacial score (nSPS) is 10.6. The molecule has 0 aliphatic rings. The Labute approximate surface area is 171 Å². The minimum atomic E-state index is -0.524. The van der Waals surface area contributed by atoms with E-state index in [2.05, 4.69) is 10.4 Å². The maximum Gasteiger partial charge on any atom is 0.287 e. The van der Waals surface area contributed by atoms with Gasteiger partial charge in [0.05, 0.1) is 10.6 Å². The van der Waals surface area contributed by atoms with E-state index >= 15 is 0 Å². The third-order valence-electron chi connectivity index (χ3n) is 4.00. The minimum absolute atomic E-state index is 0.0266. The van der Waals surface area contributed by atoms with Crippen molar-refractivity contribution < 1.29 is 18.9 Å². The van der Waals surface area contributed by atoms with Crippen LogP contribution >= 0.6 is 12.2 Å². The molecule has 1 aromatic heterocycles. The Morgan fingerprint density at radius 3 is 2.83 bits per heavy atom. The van der Waals surface area contributed by atoms with Crippen LogP contribution in [-0.4, -0.2) is 20.6 Å². The van der Waals surface area contributed by atoms with Gasteiger partial charge in [0.25, 0.3) is 16.4 Å². The third-order valence-corrected chi connectivity index (χ3v) is 4.29. The second-order valence-electron chi connectivity index (χ2n) is 6.33. The Balaban J connectivity index is 1.65. The van der Waals surface area contributed by atoms with Gasteiger partial charge in [0.1, 0.15) is 12.3 Å². The van der Waals surface area contributed by atoms with Crippen LogP contribution in [-0.2, 0) is 17.9 Å². The molecule has 0 radical (unpaired) electrons. The zero-order chi connectivity index (χ0) is 21.0. The van der Waals surface area contributed by atoms with Crippen LogP contribution in [0.3, 0.4) is 0 Å². The molecule has 9 nitrogen and oxygen atoms in total. The maximum absolute atomic E-state index is 12.3. The largest absolute Gasteiger partial charge is 0.484 e. The van der Waals surface area contributed by atoms with E-state index < -0.39 is 10.8 Å². The van der Waals surface area contributed by atoms with Crippen molar-refractivity contribution in [3.63, 3.8) is 0 Å². The summed E-state index contributed by atoms with van der Waals surface area (Å²) < 4.78 is 12.2. The first-order valence-electron chi connectivity index (χ1n) is 8.63. The van der Waals surface area contributed by atoms with Crippen molar-refractivity contribution in [1.82, 2.24) is 9.78 Å². The van der Waals surface area contributed by atoms with Crippen LogP contribution in [0.25, 0.3) is 0 Å². The lowest BCUT2D eigenvalue weighted by Crippen LogP contribution is -2.20. The van der Waals surface area contributed by atoms with Crippen LogP contribution in [0.15, 0.2) is 46.9 Å². The molecular weight excluding hydrogens is 396 g/mol. The Hall–Kier alpha value is -3.53. The molecule has 0 fully saturated rings. The van der Waals surface area contributed by atoms with Crippen molar-refractivity contribution in [3.05, 3.63) is 74.4 Å². The Bertz CT molecular complexity index is 1120. The van der Waals surface area contributed by atoms with Crippen LogP contribution in [0.2, 0.25) is 0 Å². The van der Waals surface area contributed by atoms with E-state index in [1.807, 2.05) is 31.2 Å². The number of nitrogens with zero attached hydrogens (tertiary/aromatic N) is 3. The summed E-state index contributed by atoms with van der Waals surface area (Å²) in [7, 11) is 0. The van der Waals surface area contributed by atoms with Crippen molar-refractivity contribution in [2.24, 2.45) is 0 Å². The second kappa shape index (κ2) is 8.65. The Morgan fingerprint density at radius 1 is 1.31 bits per heavy atom. The number of nitro groups is 1. The van der Waals surface area contributed by atoms with Crippen molar-refractivity contribution in [2.75, 3.05) is 5.32 Å². The van der Waals surface area contributed by atoms with Crippen LogP contribution in [0.5, 0.6) is 5.75 Å². The van der Waals surface area contributed by atoms with Gasteiger partial charge in [-0.25, -0.2) is 4.68 Å². The molecule has 1 amide bonds. The molecule has 0 aliphatic heterocycles. The summed E-state index contributed by atoms with van der Waals surface area (Å²) >= 11 is 5.10. The van der Waals surface area contributed by atoms with Gasteiger partial charge in [-0.1, -0.05) is 18.2 Å². The number of amides is 1. The van der Waals surface area contributed by atoms with E-state index in [-0.39, 0.29) is 29.6 Å². The molecule has 150 valence electrons. The average molecular weight is 414 g/mol. The topological polar surface area (TPSA) is 112 Å². The molecule has 3 rings (SSSR count). The minimum Gasteiger partial charge on any atom is -0.484 e. The van der Waals surface area contributed by atoms with Crippen molar-refractivity contribution >= 4 is 29.5 Å². The Morgan fingerprint density at radius 2 is 2.10 bits per heavy atom. The number of carbonyl (C=O) groups excluding carboxylic acids is 1. The second-order valence-corrected chi connectivity index (χ2v) is 6.68. The zero-order valence-electron chi connectivity index (χ0n) is 15.7. The van der Waals surface area contributed by atoms with Crippen molar-refractivity contribution in [2.45, 2.75) is 27.0 Å². The van der Waals surface area contributed by atoms with Crippen molar-refractivity contribution in [3.8, 4) is 5.75 Å². The highest BCUT2D eigenvalue weighted by Crippen LogP contribution is 2.22. The summed E-state index contributed by atoms with van der Waals surface area (Å²) in [6, 6.07) is 11.8. The number of hydrogen-bond donors (Lipinski definition) is 1. The summed E-state index contributed by atoms with van der Waals surface area (Å²) in [5.74, 6) is 0.458. The SMILES string of the molecule is Cc1cccc(OCc2nn(CC(=O)Nc3cc([N+](=O)[O-])ccc3C)c(=S)o2)c1. The lowest BCUT2D eigenvalue weighted by atomic mass is 10.2. The number of hydrogen-bond acceptors (Lipinski definition) is 7. The number of rotatable bonds is 7. The summed E-state index contributed by atoms with van der Waals surface area (Å²) in [6.45, 7) is 3.55. The van der Waals surface area contributed by atoms with Crippen LogP contribution in [0.4, 0.5) is 11.4 Å². The van der Waals surface area contributed by atoms with Crippen LogP contribution in [0.1, 0.15) is 17.0 Å². The molecular formula is C19H18N4O5S. The van der Waals surface area contributed by atoms with Gasteiger partial charge in [-0.3, -0.25) is 14.9 Å². The molecule has 1 N–H and O–H groups in total. The standard InChI is InChI=1S/C19H18N4O5S/c1-12-4-3-5-15(8-12)27-11-18-21-22(19(29)28-18)10-17(24)20-16-9-14(23(25)26)7-6-13(16)2/h3-9H,10-11H2,1-2H3,(H,20,24). The predicted molar refractivity (Wildman–Crippen MR) is 107 cm³/mol. The molecule has 2 aromatic carbocycles. The molecule has 29 heavy (non-hydrogen) atoms. The molecule has 0 unspecified atom stereocenters. The molecule has 3 aromatic rings. The summed E-state index contributed by atoms with van der Waals surface area (Å²) in [5.41, 5.74) is 1.99. The number of nitro benzene ring substituents is 1. The number of ether oxygens (including phenoxy) is 1. The lowest BCUT2D eigenvalue weighted by molar-refractivity contribution is -0.384. The fourth-order valence-corrected chi connectivity index (χ4v) is 2.74. The summed E-state index contributed by atoms with van der Waals surface area (Å²) in [5, 5.41) is 17.7. The highest BCUT2D eigenvalue weighted by atomic mass is 32.1. The Kier molecular flexibility index (Phi) is 6.03. The number of nitrogens with one attached hydrogen (secondary N) is 1. The van der Waals surface area contributed by atoms with Crippen LogP contribution in [0, 0.1) is 28.8 Å². The first-order valence-corrected chi connectivity index (χ1v) is 9.04. The lowest BCUT2D eigenvalue weighted by Gasteiger charge is -2.08. The fraction of sp³-hybridized carbons (Fsp3) is 0.211. The highest BCUT2D eigenvalue weighted by molar-refractivity contribution is 7.71. The van der Waals surface area contributed by atoms with Gasteiger partial charge < -0.3 is 14.5 Å². The maximum atomic E-state index is 12.3. The molecule has 0 spiro atoms. The fourth-order valence-electron chi connectivity index (χ4n) is 2.54. The predicted octanol–water partition coefficient (Wildman–Crippen LogP) is 3.95. The number of aryl methyl sites for hydroxylation is 2. The smallest absolute Gasteiger partial charge is 0.287 e. The van der Waals surface area contributed by atoms with Gasteiger partial charge in [0, 0.05) is 12.1 Å². The number of non-ortho nitro benzene ring substituents is 1. The van der Waals surface area contributed by atoms with E-state index in [0.717, 1.165) is 5.56 Å².